The minimum absolute atomic E-state index is 0.245. The third-order valence-electron chi connectivity index (χ3n) is 6.37. The summed E-state index contributed by atoms with van der Waals surface area (Å²) in [5.74, 6) is 0.373. The first-order chi connectivity index (χ1) is 17.1. The first-order valence-electron chi connectivity index (χ1n) is 12.2. The van der Waals surface area contributed by atoms with Crippen LogP contribution in [0.1, 0.15) is 59.7 Å². The van der Waals surface area contributed by atoms with Crippen molar-refractivity contribution in [2.75, 3.05) is 19.0 Å². The summed E-state index contributed by atoms with van der Waals surface area (Å²) >= 11 is 0. The minimum atomic E-state index is -0.536. The number of urea groups is 1. The number of methoxy groups -OCH3 is 1. The van der Waals surface area contributed by atoms with Crippen molar-refractivity contribution in [1.29, 1.82) is 0 Å². The van der Waals surface area contributed by atoms with Crippen molar-refractivity contribution in [3.63, 3.8) is 0 Å². The van der Waals surface area contributed by atoms with Crippen LogP contribution in [0.2, 0.25) is 0 Å². The summed E-state index contributed by atoms with van der Waals surface area (Å²) in [7, 11) is 1.33. The first-order valence-corrected chi connectivity index (χ1v) is 12.2. The van der Waals surface area contributed by atoms with Crippen molar-refractivity contribution in [2.45, 2.75) is 38.2 Å². The maximum Gasteiger partial charge on any atom is 0.341 e. The van der Waals surface area contributed by atoms with Crippen molar-refractivity contribution in [3.8, 4) is 5.75 Å². The van der Waals surface area contributed by atoms with Crippen LogP contribution in [0.4, 0.5) is 10.5 Å². The molecule has 1 saturated carbocycles. The number of hydrogen-bond acceptors (Lipinski definition) is 4. The number of nitrogens with one attached hydrogen (secondary N) is 2. The summed E-state index contributed by atoms with van der Waals surface area (Å²) in [5.41, 5.74) is 2.65. The number of ether oxygens (including phenoxy) is 2. The standard InChI is InChI=1S/C29H32N2O4/c1-34-28(32)25-19-24(31-29(33)30-20-21-11-5-2-6-12-21)17-18-26(25)35-27(22-13-7-3-8-14-22)23-15-9-4-10-16-23/h3-4,7-10,13-19,21,27H,2,5-6,11-12,20H2,1H3,(H2,30,31,33). The Labute approximate surface area is 206 Å². The Morgan fingerprint density at radius 1 is 0.886 bits per heavy atom. The molecule has 2 amide bonds. The van der Waals surface area contributed by atoms with E-state index in [4.69, 9.17) is 9.47 Å². The van der Waals surface area contributed by atoms with Gasteiger partial charge in [0.1, 0.15) is 17.4 Å². The summed E-state index contributed by atoms with van der Waals surface area (Å²) in [6.45, 7) is 0.659. The van der Waals surface area contributed by atoms with Gasteiger partial charge in [0, 0.05) is 12.2 Å². The predicted octanol–water partition coefficient (Wildman–Crippen LogP) is 6.34. The van der Waals surface area contributed by atoms with Gasteiger partial charge in [-0.3, -0.25) is 0 Å². The third kappa shape index (κ3) is 6.63. The molecule has 0 unspecified atom stereocenters. The molecule has 0 aromatic heterocycles. The van der Waals surface area contributed by atoms with Gasteiger partial charge in [-0.05, 0) is 48.1 Å². The number of amides is 2. The Bertz CT molecular complexity index is 1070. The van der Waals surface area contributed by atoms with E-state index in [1.54, 1.807) is 18.2 Å². The van der Waals surface area contributed by atoms with Crippen molar-refractivity contribution in [3.05, 3.63) is 95.6 Å². The minimum Gasteiger partial charge on any atom is -0.480 e. The maximum absolute atomic E-state index is 12.6. The second-order valence-corrected chi connectivity index (χ2v) is 8.86. The normalized spacial score (nSPS) is 13.8. The molecule has 0 aliphatic heterocycles. The highest BCUT2D eigenvalue weighted by Crippen LogP contribution is 2.32. The fourth-order valence-electron chi connectivity index (χ4n) is 4.49. The van der Waals surface area contributed by atoms with Gasteiger partial charge in [0.15, 0.2) is 0 Å². The fourth-order valence-corrected chi connectivity index (χ4v) is 4.49. The van der Waals surface area contributed by atoms with Crippen LogP contribution in [0.3, 0.4) is 0 Å². The predicted molar refractivity (Wildman–Crippen MR) is 137 cm³/mol. The molecule has 6 nitrogen and oxygen atoms in total. The number of rotatable bonds is 8. The average molecular weight is 473 g/mol. The average Bonchev–Trinajstić information content (AvgIpc) is 2.92. The molecule has 4 rings (SSSR count). The molecule has 1 fully saturated rings. The number of hydrogen-bond donors (Lipinski definition) is 2. The molecule has 182 valence electrons. The van der Waals surface area contributed by atoms with Crippen LogP contribution in [0.5, 0.6) is 5.75 Å². The topological polar surface area (TPSA) is 76.7 Å². The van der Waals surface area contributed by atoms with E-state index in [1.165, 1.54) is 26.4 Å². The van der Waals surface area contributed by atoms with Crippen LogP contribution in [0.25, 0.3) is 0 Å². The number of carbonyl (C=O) groups is 2. The maximum atomic E-state index is 12.6. The molecule has 0 heterocycles. The van der Waals surface area contributed by atoms with E-state index in [-0.39, 0.29) is 11.6 Å². The van der Waals surface area contributed by atoms with Crippen LogP contribution in [-0.2, 0) is 4.74 Å². The second-order valence-electron chi connectivity index (χ2n) is 8.86. The van der Waals surface area contributed by atoms with Gasteiger partial charge in [-0.25, -0.2) is 9.59 Å². The van der Waals surface area contributed by atoms with Gasteiger partial charge in [0.2, 0.25) is 0 Å². The SMILES string of the molecule is COC(=O)c1cc(NC(=O)NCC2CCCCC2)ccc1OC(c1ccccc1)c1ccccc1. The smallest absolute Gasteiger partial charge is 0.341 e. The van der Waals surface area contributed by atoms with Gasteiger partial charge >= 0.3 is 12.0 Å². The summed E-state index contributed by atoms with van der Waals surface area (Å²) in [4.78, 5) is 25.1. The van der Waals surface area contributed by atoms with Crippen LogP contribution in [0.15, 0.2) is 78.9 Å². The quantitative estimate of drug-likeness (QED) is 0.375. The van der Waals surface area contributed by atoms with Crippen molar-refractivity contribution in [2.24, 2.45) is 5.92 Å². The Hall–Kier alpha value is -3.80. The monoisotopic (exact) mass is 472 g/mol. The number of benzene rings is 3. The van der Waals surface area contributed by atoms with Crippen LogP contribution in [-0.4, -0.2) is 25.7 Å². The zero-order valence-corrected chi connectivity index (χ0v) is 20.0. The molecule has 0 radical (unpaired) electrons. The summed E-state index contributed by atoms with van der Waals surface area (Å²) < 4.78 is 11.4. The fraction of sp³-hybridized carbons (Fsp3) is 0.310. The summed E-state index contributed by atoms with van der Waals surface area (Å²) in [6.07, 6.45) is 5.63. The van der Waals surface area contributed by atoms with Crippen molar-refractivity contribution < 1.29 is 19.1 Å². The van der Waals surface area contributed by atoms with Gasteiger partial charge in [0.05, 0.1) is 7.11 Å². The second kappa shape index (κ2) is 12.1. The van der Waals surface area contributed by atoms with Gasteiger partial charge in [0.25, 0.3) is 0 Å². The van der Waals surface area contributed by atoms with E-state index >= 15 is 0 Å². The lowest BCUT2D eigenvalue weighted by Crippen LogP contribution is -2.33. The van der Waals surface area contributed by atoms with E-state index in [0.29, 0.717) is 23.9 Å². The highest BCUT2D eigenvalue weighted by atomic mass is 16.5. The molecule has 0 saturated heterocycles. The number of esters is 1. The third-order valence-corrected chi connectivity index (χ3v) is 6.37. The van der Waals surface area contributed by atoms with Gasteiger partial charge in [-0.15, -0.1) is 0 Å². The van der Waals surface area contributed by atoms with Crippen molar-refractivity contribution in [1.82, 2.24) is 5.32 Å². The molecule has 3 aromatic rings. The Morgan fingerprint density at radius 2 is 1.51 bits per heavy atom. The highest BCUT2D eigenvalue weighted by Gasteiger charge is 2.21. The molecule has 1 aliphatic carbocycles. The van der Waals surface area contributed by atoms with Gasteiger partial charge in [-0.2, -0.15) is 0 Å². The molecule has 0 bridgehead atoms. The Morgan fingerprint density at radius 3 is 2.11 bits per heavy atom. The number of anilines is 1. The molecule has 0 atom stereocenters. The molecule has 1 aliphatic rings. The zero-order valence-electron chi connectivity index (χ0n) is 20.0. The molecular weight excluding hydrogens is 440 g/mol. The lowest BCUT2D eigenvalue weighted by atomic mass is 9.89. The largest absolute Gasteiger partial charge is 0.480 e. The van der Waals surface area contributed by atoms with Gasteiger partial charge in [-0.1, -0.05) is 79.9 Å². The van der Waals surface area contributed by atoms with Gasteiger partial charge < -0.3 is 20.1 Å². The first kappa shape index (κ1) is 24.3. The molecule has 3 aromatic carbocycles. The van der Waals surface area contributed by atoms with E-state index in [2.05, 4.69) is 10.6 Å². The molecule has 2 N–H and O–H groups in total. The van der Waals surface area contributed by atoms with E-state index < -0.39 is 12.1 Å². The molecule has 6 heteroatoms. The molecular formula is C29H32N2O4. The Kier molecular flexibility index (Phi) is 8.39. The van der Waals surface area contributed by atoms with Crippen LogP contribution < -0.4 is 15.4 Å². The highest BCUT2D eigenvalue weighted by molar-refractivity contribution is 5.96. The van der Waals surface area contributed by atoms with Crippen LogP contribution in [0, 0.1) is 5.92 Å². The lowest BCUT2D eigenvalue weighted by molar-refractivity contribution is 0.0594. The number of carbonyl (C=O) groups excluding carboxylic acids is 2. The van der Waals surface area contributed by atoms with E-state index in [9.17, 15) is 9.59 Å². The van der Waals surface area contributed by atoms with E-state index in [1.807, 2.05) is 60.7 Å². The Balaban J connectivity index is 1.53. The zero-order chi connectivity index (χ0) is 24.5. The van der Waals surface area contributed by atoms with Crippen LogP contribution >= 0.6 is 0 Å². The lowest BCUT2D eigenvalue weighted by Gasteiger charge is -2.22. The summed E-state index contributed by atoms with van der Waals surface area (Å²) in [6, 6.07) is 24.4. The van der Waals surface area contributed by atoms with E-state index in [0.717, 1.165) is 24.0 Å². The molecule has 0 spiro atoms. The summed E-state index contributed by atoms with van der Waals surface area (Å²) in [5, 5.41) is 5.79. The van der Waals surface area contributed by atoms with Crippen molar-refractivity contribution >= 4 is 17.7 Å². The molecule has 35 heavy (non-hydrogen) atoms.